The van der Waals surface area contributed by atoms with E-state index < -0.39 is 0 Å². The first-order valence-electron chi connectivity index (χ1n) is 8.57. The highest BCUT2D eigenvalue weighted by Gasteiger charge is 2.13. The molecule has 28 heavy (non-hydrogen) atoms. The molecule has 3 amide bonds. The van der Waals surface area contributed by atoms with Gasteiger partial charge in [0.1, 0.15) is 6.54 Å². The Morgan fingerprint density at radius 3 is 2.46 bits per heavy atom. The maximum Gasteiger partial charge on any atom is 0.318 e. The van der Waals surface area contributed by atoms with Gasteiger partial charge in [-0.25, -0.2) is 4.79 Å². The molecule has 0 atom stereocenters. The zero-order valence-electron chi connectivity index (χ0n) is 15.4. The summed E-state index contributed by atoms with van der Waals surface area (Å²) in [5, 5.41) is 14.9. The number of aromatic nitrogens is 3. The Labute approximate surface area is 167 Å². The molecule has 3 rings (SSSR count). The molecule has 144 valence electrons. The molecule has 8 nitrogen and oxygen atoms in total. The zero-order chi connectivity index (χ0) is 20.1. The van der Waals surface area contributed by atoms with E-state index in [1.807, 2.05) is 31.2 Å². The highest BCUT2D eigenvalue weighted by atomic mass is 32.1. The Balaban J connectivity index is 1.75. The zero-order valence-corrected chi connectivity index (χ0v) is 16.3. The van der Waals surface area contributed by atoms with Crippen molar-refractivity contribution in [3.63, 3.8) is 0 Å². The molecule has 0 saturated carbocycles. The summed E-state index contributed by atoms with van der Waals surface area (Å²) in [6.45, 7) is 2.01. The Hall–Kier alpha value is -3.46. The first kappa shape index (κ1) is 19.3. The molecule has 0 aliphatic heterocycles. The molecule has 4 N–H and O–H groups in total. The van der Waals surface area contributed by atoms with E-state index in [4.69, 9.17) is 12.2 Å². The van der Waals surface area contributed by atoms with E-state index in [1.54, 1.807) is 28.8 Å². The SMILES string of the molecule is CNC(=O)Nc1cccc(NC(=O)Cn2c(-c3ccc(C)cc3)n[nH]c2=S)c1. The number of benzene rings is 2. The first-order valence-corrected chi connectivity index (χ1v) is 8.98. The van der Waals surface area contributed by atoms with Crippen LogP contribution >= 0.6 is 12.2 Å². The second kappa shape index (κ2) is 8.49. The van der Waals surface area contributed by atoms with E-state index >= 15 is 0 Å². The molecule has 0 saturated heterocycles. The normalized spacial score (nSPS) is 10.4. The van der Waals surface area contributed by atoms with Crippen molar-refractivity contribution in [2.45, 2.75) is 13.5 Å². The minimum atomic E-state index is -0.337. The van der Waals surface area contributed by atoms with Gasteiger partial charge in [-0.05, 0) is 37.3 Å². The summed E-state index contributed by atoms with van der Waals surface area (Å²) in [5.41, 5.74) is 3.12. The standard InChI is InChI=1S/C19H20N6O2S/c1-12-6-8-13(9-7-12)17-23-24-19(28)25(17)11-16(26)21-14-4-3-5-15(10-14)22-18(27)20-2/h3-10H,11H2,1-2H3,(H,21,26)(H,24,28)(H2,20,22,27). The summed E-state index contributed by atoms with van der Waals surface area (Å²) >= 11 is 5.27. The summed E-state index contributed by atoms with van der Waals surface area (Å²) in [7, 11) is 1.53. The fourth-order valence-electron chi connectivity index (χ4n) is 2.60. The average molecular weight is 396 g/mol. The van der Waals surface area contributed by atoms with Gasteiger partial charge in [-0.15, -0.1) is 0 Å². The Bertz CT molecular complexity index is 1050. The van der Waals surface area contributed by atoms with Gasteiger partial charge in [0.25, 0.3) is 0 Å². The number of hydrogen-bond acceptors (Lipinski definition) is 4. The van der Waals surface area contributed by atoms with E-state index in [9.17, 15) is 9.59 Å². The van der Waals surface area contributed by atoms with Gasteiger partial charge in [-0.2, -0.15) is 5.10 Å². The smallest absolute Gasteiger partial charge is 0.318 e. The van der Waals surface area contributed by atoms with Crippen LogP contribution in [-0.4, -0.2) is 33.8 Å². The van der Waals surface area contributed by atoms with Crippen molar-refractivity contribution in [3.8, 4) is 11.4 Å². The maximum absolute atomic E-state index is 12.5. The van der Waals surface area contributed by atoms with E-state index in [0.29, 0.717) is 22.0 Å². The fourth-order valence-corrected chi connectivity index (χ4v) is 2.80. The van der Waals surface area contributed by atoms with Gasteiger partial charge in [0.05, 0.1) is 0 Å². The molecule has 2 aromatic carbocycles. The number of carbonyl (C=O) groups is 2. The fraction of sp³-hybridized carbons (Fsp3) is 0.158. The molecule has 0 radical (unpaired) electrons. The number of nitrogens with zero attached hydrogens (tertiary/aromatic N) is 2. The molecule has 0 fully saturated rings. The van der Waals surface area contributed by atoms with Crippen LogP contribution in [0.4, 0.5) is 16.2 Å². The first-order chi connectivity index (χ1) is 13.5. The van der Waals surface area contributed by atoms with Crippen LogP contribution in [0, 0.1) is 11.7 Å². The summed E-state index contributed by atoms with van der Waals surface area (Å²) < 4.78 is 2.00. The van der Waals surface area contributed by atoms with Crippen LogP contribution in [0.3, 0.4) is 0 Å². The van der Waals surface area contributed by atoms with Gasteiger partial charge < -0.3 is 16.0 Å². The molecule has 0 spiro atoms. The highest BCUT2D eigenvalue weighted by molar-refractivity contribution is 7.71. The quantitative estimate of drug-likeness (QED) is 0.497. The number of urea groups is 1. The van der Waals surface area contributed by atoms with E-state index in [1.165, 1.54) is 7.05 Å². The molecule has 0 bridgehead atoms. The van der Waals surface area contributed by atoms with E-state index in [-0.39, 0.29) is 18.5 Å². The van der Waals surface area contributed by atoms with Gasteiger partial charge in [0, 0.05) is 24.0 Å². The van der Waals surface area contributed by atoms with Crippen LogP contribution in [0.25, 0.3) is 11.4 Å². The van der Waals surface area contributed by atoms with Crippen molar-refractivity contribution >= 4 is 35.5 Å². The second-order valence-corrected chi connectivity index (χ2v) is 6.52. The van der Waals surface area contributed by atoms with Gasteiger partial charge in [-0.1, -0.05) is 35.9 Å². The molecule has 1 heterocycles. The van der Waals surface area contributed by atoms with Crippen molar-refractivity contribution in [1.82, 2.24) is 20.1 Å². The summed E-state index contributed by atoms with van der Waals surface area (Å²) in [6, 6.07) is 14.4. The number of H-pyrrole nitrogens is 1. The summed E-state index contributed by atoms with van der Waals surface area (Å²) in [6.07, 6.45) is 0. The van der Waals surface area contributed by atoms with Crippen molar-refractivity contribution in [2.75, 3.05) is 17.7 Å². The lowest BCUT2D eigenvalue weighted by atomic mass is 10.1. The minimum Gasteiger partial charge on any atom is -0.341 e. The monoisotopic (exact) mass is 396 g/mol. The molecular formula is C19H20N6O2S. The van der Waals surface area contributed by atoms with Crippen molar-refractivity contribution < 1.29 is 9.59 Å². The number of aryl methyl sites for hydroxylation is 1. The van der Waals surface area contributed by atoms with Crippen LogP contribution < -0.4 is 16.0 Å². The van der Waals surface area contributed by atoms with Gasteiger partial charge >= 0.3 is 6.03 Å². The van der Waals surface area contributed by atoms with Crippen LogP contribution in [0.1, 0.15) is 5.56 Å². The number of amides is 3. The summed E-state index contributed by atoms with van der Waals surface area (Å²) in [5.74, 6) is 0.332. The molecule has 1 aromatic heterocycles. The largest absolute Gasteiger partial charge is 0.341 e. The number of rotatable bonds is 5. The average Bonchev–Trinajstić information content (AvgIpc) is 3.03. The third kappa shape index (κ3) is 4.63. The molecule has 9 heteroatoms. The van der Waals surface area contributed by atoms with Gasteiger partial charge in [-0.3, -0.25) is 14.5 Å². The van der Waals surface area contributed by atoms with E-state index in [0.717, 1.165) is 11.1 Å². The van der Waals surface area contributed by atoms with Gasteiger partial charge in [0.15, 0.2) is 10.6 Å². The molecule has 0 aliphatic rings. The lowest BCUT2D eigenvalue weighted by Gasteiger charge is -2.10. The predicted molar refractivity (Wildman–Crippen MR) is 111 cm³/mol. The highest BCUT2D eigenvalue weighted by Crippen LogP contribution is 2.19. The third-order valence-electron chi connectivity index (χ3n) is 4.00. The second-order valence-electron chi connectivity index (χ2n) is 6.14. The maximum atomic E-state index is 12.5. The van der Waals surface area contributed by atoms with Crippen LogP contribution in [0.2, 0.25) is 0 Å². The van der Waals surface area contributed by atoms with E-state index in [2.05, 4.69) is 26.1 Å². The van der Waals surface area contributed by atoms with Crippen LogP contribution in [0.15, 0.2) is 48.5 Å². The summed E-state index contributed by atoms with van der Waals surface area (Å²) in [4.78, 5) is 24.0. The minimum absolute atomic E-state index is 0.00560. The third-order valence-corrected chi connectivity index (χ3v) is 4.31. The van der Waals surface area contributed by atoms with Gasteiger partial charge in [0.2, 0.25) is 5.91 Å². The van der Waals surface area contributed by atoms with Crippen LogP contribution in [-0.2, 0) is 11.3 Å². The Morgan fingerprint density at radius 1 is 1.11 bits per heavy atom. The lowest BCUT2D eigenvalue weighted by Crippen LogP contribution is -2.24. The predicted octanol–water partition coefficient (Wildman–Crippen LogP) is 3.31. The number of carbonyl (C=O) groups excluding carboxylic acids is 2. The Morgan fingerprint density at radius 2 is 1.79 bits per heavy atom. The Kier molecular flexibility index (Phi) is 5.85. The molecule has 0 unspecified atom stereocenters. The lowest BCUT2D eigenvalue weighted by molar-refractivity contribution is -0.116. The van der Waals surface area contributed by atoms with Crippen molar-refractivity contribution in [2.24, 2.45) is 0 Å². The topological polar surface area (TPSA) is 104 Å². The molecule has 0 aliphatic carbocycles. The number of anilines is 2. The number of aromatic amines is 1. The van der Waals surface area contributed by atoms with Crippen molar-refractivity contribution in [3.05, 3.63) is 58.9 Å². The number of hydrogen-bond donors (Lipinski definition) is 4. The van der Waals surface area contributed by atoms with Crippen molar-refractivity contribution in [1.29, 1.82) is 0 Å². The number of nitrogens with one attached hydrogen (secondary N) is 4. The molecular weight excluding hydrogens is 376 g/mol. The molecule has 3 aromatic rings. The van der Waals surface area contributed by atoms with Crippen LogP contribution in [0.5, 0.6) is 0 Å².